The van der Waals surface area contributed by atoms with Gasteiger partial charge in [-0.3, -0.25) is 0 Å². The number of nitrogens with one attached hydrogen (secondary N) is 1. The van der Waals surface area contributed by atoms with Crippen LogP contribution >= 0.6 is 11.6 Å². The number of halogens is 2. The van der Waals surface area contributed by atoms with Crippen LogP contribution in [0.1, 0.15) is 25.3 Å². The maximum atomic E-state index is 13.2. The fourth-order valence-electron chi connectivity index (χ4n) is 2.59. The Bertz CT molecular complexity index is 405. The fraction of sp³-hybridized carbons (Fsp3) is 0.571. The molecule has 1 aliphatic rings. The second-order valence-corrected chi connectivity index (χ2v) is 5.20. The molecule has 0 spiro atoms. The minimum absolute atomic E-state index is 0.0287. The van der Waals surface area contributed by atoms with Gasteiger partial charge in [0, 0.05) is 30.2 Å². The summed E-state index contributed by atoms with van der Waals surface area (Å²) in [7, 11) is 0. The predicted octanol–water partition coefficient (Wildman–Crippen LogP) is 3.14. The molecule has 0 atom stereocenters. The van der Waals surface area contributed by atoms with Crippen LogP contribution in [0, 0.1) is 5.82 Å². The van der Waals surface area contributed by atoms with Crippen LogP contribution in [-0.2, 0) is 10.2 Å². The fourth-order valence-corrected chi connectivity index (χ4v) is 2.95. The summed E-state index contributed by atoms with van der Waals surface area (Å²) in [5.41, 5.74) is 1.01. The number of rotatable bonds is 4. The summed E-state index contributed by atoms with van der Waals surface area (Å²) in [6, 6.07) is 4.71. The molecule has 100 valence electrons. The monoisotopic (exact) mass is 271 g/mol. The summed E-state index contributed by atoms with van der Waals surface area (Å²) in [6.07, 6.45) is 1.84. The quantitative estimate of drug-likeness (QED) is 0.908. The van der Waals surface area contributed by atoms with E-state index in [0.717, 1.165) is 44.7 Å². The number of benzene rings is 1. The van der Waals surface area contributed by atoms with Crippen LogP contribution < -0.4 is 5.32 Å². The minimum Gasteiger partial charge on any atom is -0.381 e. The summed E-state index contributed by atoms with van der Waals surface area (Å²) in [5.74, 6) is -0.283. The van der Waals surface area contributed by atoms with Gasteiger partial charge in [-0.25, -0.2) is 4.39 Å². The van der Waals surface area contributed by atoms with Gasteiger partial charge in [0.25, 0.3) is 0 Å². The first-order valence-corrected chi connectivity index (χ1v) is 6.80. The molecule has 0 saturated carbocycles. The molecule has 0 aliphatic carbocycles. The SMILES string of the molecule is CCNCC1(c2ccc(F)cc2Cl)CCOCC1. The summed E-state index contributed by atoms with van der Waals surface area (Å²) in [4.78, 5) is 0. The van der Waals surface area contributed by atoms with E-state index in [2.05, 4.69) is 12.2 Å². The Labute approximate surface area is 112 Å². The minimum atomic E-state index is -0.283. The lowest BCUT2D eigenvalue weighted by molar-refractivity contribution is 0.0501. The molecule has 1 N–H and O–H groups in total. The van der Waals surface area contributed by atoms with E-state index >= 15 is 0 Å². The summed E-state index contributed by atoms with van der Waals surface area (Å²) >= 11 is 6.22. The van der Waals surface area contributed by atoms with Crippen molar-refractivity contribution in [2.75, 3.05) is 26.3 Å². The van der Waals surface area contributed by atoms with Crippen molar-refractivity contribution in [2.45, 2.75) is 25.2 Å². The molecule has 2 rings (SSSR count). The van der Waals surface area contributed by atoms with Crippen molar-refractivity contribution < 1.29 is 9.13 Å². The molecule has 1 aromatic rings. The van der Waals surface area contributed by atoms with Gasteiger partial charge in [0.2, 0.25) is 0 Å². The lowest BCUT2D eigenvalue weighted by atomic mass is 9.74. The van der Waals surface area contributed by atoms with E-state index in [9.17, 15) is 4.39 Å². The molecule has 0 aromatic heterocycles. The summed E-state index contributed by atoms with van der Waals surface area (Å²) < 4.78 is 18.6. The van der Waals surface area contributed by atoms with E-state index in [1.54, 1.807) is 0 Å². The zero-order chi connectivity index (χ0) is 13.0. The van der Waals surface area contributed by atoms with Gasteiger partial charge in [0.05, 0.1) is 0 Å². The van der Waals surface area contributed by atoms with E-state index < -0.39 is 0 Å². The van der Waals surface area contributed by atoms with Crippen molar-refractivity contribution >= 4 is 11.6 Å². The molecule has 1 fully saturated rings. The highest BCUT2D eigenvalue weighted by Crippen LogP contribution is 2.38. The van der Waals surface area contributed by atoms with E-state index in [1.165, 1.54) is 12.1 Å². The highest BCUT2D eigenvalue weighted by atomic mass is 35.5. The van der Waals surface area contributed by atoms with Crippen molar-refractivity contribution in [3.63, 3.8) is 0 Å². The third-order valence-corrected chi connectivity index (χ3v) is 3.98. The Morgan fingerprint density at radius 1 is 1.39 bits per heavy atom. The Kier molecular flexibility index (Phi) is 4.60. The highest BCUT2D eigenvalue weighted by Gasteiger charge is 2.35. The van der Waals surface area contributed by atoms with Crippen LogP contribution in [-0.4, -0.2) is 26.3 Å². The largest absolute Gasteiger partial charge is 0.381 e. The lowest BCUT2D eigenvalue weighted by Gasteiger charge is -2.38. The van der Waals surface area contributed by atoms with Gasteiger partial charge in [-0.15, -0.1) is 0 Å². The summed E-state index contributed by atoms with van der Waals surface area (Å²) in [5, 5.41) is 3.91. The normalized spacial score (nSPS) is 18.8. The van der Waals surface area contributed by atoms with Crippen LogP contribution in [0.25, 0.3) is 0 Å². The van der Waals surface area contributed by atoms with Crippen LogP contribution in [0.5, 0.6) is 0 Å². The smallest absolute Gasteiger partial charge is 0.124 e. The average Bonchev–Trinajstić information content (AvgIpc) is 2.37. The molecule has 1 aliphatic heterocycles. The van der Waals surface area contributed by atoms with Gasteiger partial charge in [-0.1, -0.05) is 24.6 Å². The Balaban J connectivity index is 2.32. The molecular formula is C14H19ClFNO. The first-order valence-electron chi connectivity index (χ1n) is 6.42. The third-order valence-electron chi connectivity index (χ3n) is 3.67. The topological polar surface area (TPSA) is 21.3 Å². The molecule has 4 heteroatoms. The Morgan fingerprint density at radius 2 is 2.11 bits per heavy atom. The molecule has 18 heavy (non-hydrogen) atoms. The lowest BCUT2D eigenvalue weighted by Crippen LogP contribution is -2.43. The maximum Gasteiger partial charge on any atom is 0.124 e. The number of likely N-dealkylation sites (N-methyl/N-ethyl adjacent to an activating group) is 1. The van der Waals surface area contributed by atoms with Crippen molar-refractivity contribution in [1.82, 2.24) is 5.32 Å². The van der Waals surface area contributed by atoms with E-state index in [0.29, 0.717) is 5.02 Å². The summed E-state index contributed by atoms with van der Waals surface area (Å²) in [6.45, 7) is 5.33. The molecule has 2 nitrogen and oxygen atoms in total. The molecule has 1 saturated heterocycles. The number of ether oxygens (including phenoxy) is 1. The van der Waals surface area contributed by atoms with Crippen molar-refractivity contribution in [1.29, 1.82) is 0 Å². The average molecular weight is 272 g/mol. The van der Waals surface area contributed by atoms with Gasteiger partial charge >= 0.3 is 0 Å². The van der Waals surface area contributed by atoms with Gasteiger partial charge in [-0.2, -0.15) is 0 Å². The second kappa shape index (κ2) is 6.00. The van der Waals surface area contributed by atoms with Crippen LogP contribution in [0.2, 0.25) is 5.02 Å². The zero-order valence-electron chi connectivity index (χ0n) is 10.6. The van der Waals surface area contributed by atoms with Crippen LogP contribution in [0.15, 0.2) is 18.2 Å². The van der Waals surface area contributed by atoms with E-state index in [1.807, 2.05) is 6.07 Å². The molecule has 0 amide bonds. The standard InChI is InChI=1S/C14H19ClFNO/c1-2-17-10-14(5-7-18-8-6-14)12-4-3-11(16)9-13(12)15/h3-4,9,17H,2,5-8,10H2,1H3. The zero-order valence-corrected chi connectivity index (χ0v) is 11.4. The maximum absolute atomic E-state index is 13.2. The highest BCUT2D eigenvalue weighted by molar-refractivity contribution is 6.31. The van der Waals surface area contributed by atoms with Crippen LogP contribution in [0.4, 0.5) is 4.39 Å². The third kappa shape index (κ3) is 2.85. The van der Waals surface area contributed by atoms with Gasteiger partial charge in [-0.05, 0) is 37.1 Å². The van der Waals surface area contributed by atoms with Gasteiger partial charge < -0.3 is 10.1 Å². The van der Waals surface area contributed by atoms with E-state index in [4.69, 9.17) is 16.3 Å². The first kappa shape index (κ1) is 13.8. The molecule has 1 aromatic carbocycles. The van der Waals surface area contributed by atoms with Crippen molar-refractivity contribution in [3.8, 4) is 0 Å². The number of hydrogen-bond donors (Lipinski definition) is 1. The van der Waals surface area contributed by atoms with Crippen LogP contribution in [0.3, 0.4) is 0 Å². The first-order chi connectivity index (χ1) is 8.68. The molecule has 1 heterocycles. The molecular weight excluding hydrogens is 253 g/mol. The second-order valence-electron chi connectivity index (χ2n) is 4.80. The van der Waals surface area contributed by atoms with Crippen molar-refractivity contribution in [3.05, 3.63) is 34.6 Å². The van der Waals surface area contributed by atoms with Crippen molar-refractivity contribution in [2.24, 2.45) is 0 Å². The Hall–Kier alpha value is -0.640. The van der Waals surface area contributed by atoms with Gasteiger partial charge in [0.1, 0.15) is 5.82 Å². The number of hydrogen-bond acceptors (Lipinski definition) is 2. The molecule has 0 radical (unpaired) electrons. The molecule has 0 unspecified atom stereocenters. The Morgan fingerprint density at radius 3 is 2.72 bits per heavy atom. The molecule has 0 bridgehead atoms. The van der Waals surface area contributed by atoms with E-state index in [-0.39, 0.29) is 11.2 Å². The van der Waals surface area contributed by atoms with Gasteiger partial charge in [0.15, 0.2) is 0 Å². The predicted molar refractivity (Wildman–Crippen MR) is 71.7 cm³/mol.